The molecule has 0 spiro atoms. The summed E-state index contributed by atoms with van der Waals surface area (Å²) in [6, 6.07) is 7.10. The fourth-order valence-electron chi connectivity index (χ4n) is 2.47. The van der Waals surface area contributed by atoms with E-state index in [4.69, 9.17) is 0 Å². The average Bonchev–Trinajstić information content (AvgIpc) is 2.95. The van der Waals surface area contributed by atoms with Gasteiger partial charge in [-0.15, -0.1) is 0 Å². The van der Waals surface area contributed by atoms with Crippen molar-refractivity contribution >= 4 is 11.8 Å². The molecule has 0 aliphatic carbocycles. The number of thioether (sulfide) groups is 1. The number of nitrogens with zero attached hydrogens (tertiary/aromatic N) is 1. The zero-order chi connectivity index (χ0) is 13.8. The van der Waals surface area contributed by atoms with Crippen molar-refractivity contribution in [3.05, 3.63) is 41.8 Å². The molecule has 1 fully saturated rings. The fourth-order valence-corrected chi connectivity index (χ4v) is 3.57. The molecule has 20 heavy (non-hydrogen) atoms. The van der Waals surface area contributed by atoms with Crippen molar-refractivity contribution in [2.45, 2.75) is 25.4 Å². The molecule has 0 bridgehead atoms. The van der Waals surface area contributed by atoms with Crippen molar-refractivity contribution in [3.8, 4) is 11.3 Å². The Morgan fingerprint density at radius 3 is 2.95 bits per heavy atom. The van der Waals surface area contributed by atoms with Gasteiger partial charge in [-0.05, 0) is 42.9 Å². The number of hydrogen-bond donors (Lipinski definition) is 2. The molecule has 3 nitrogen and oxygen atoms in total. The Bertz CT molecular complexity index is 547. The minimum Gasteiger partial charge on any atom is -0.309 e. The lowest BCUT2D eigenvalue weighted by molar-refractivity contribution is 0.508. The van der Waals surface area contributed by atoms with Crippen LogP contribution in [0, 0.1) is 5.82 Å². The number of benzene rings is 1. The fraction of sp³-hybridized carbons (Fsp3) is 0.400. The Morgan fingerprint density at radius 2 is 2.20 bits per heavy atom. The molecule has 1 saturated heterocycles. The van der Waals surface area contributed by atoms with Gasteiger partial charge >= 0.3 is 0 Å². The Labute approximate surface area is 122 Å². The standard InChI is InChI=1S/C15H18FN3S/c16-13-5-3-11(4-6-13)15-12(9-18-19-15)8-17-14-2-1-7-20-10-14/h3-6,9,14,17H,1-2,7-8,10H2,(H,18,19)/t14-/m1/s1. The molecule has 0 amide bonds. The number of hydrogen-bond acceptors (Lipinski definition) is 3. The van der Waals surface area contributed by atoms with Crippen LogP contribution in [0.2, 0.25) is 0 Å². The van der Waals surface area contributed by atoms with Crippen LogP contribution in [-0.4, -0.2) is 27.7 Å². The second-order valence-corrected chi connectivity index (χ2v) is 6.22. The molecule has 106 valence electrons. The molecule has 1 aliphatic heterocycles. The van der Waals surface area contributed by atoms with Gasteiger partial charge in [-0.3, -0.25) is 5.10 Å². The summed E-state index contributed by atoms with van der Waals surface area (Å²) in [7, 11) is 0. The predicted molar refractivity (Wildman–Crippen MR) is 81.2 cm³/mol. The van der Waals surface area contributed by atoms with E-state index in [1.165, 1.54) is 36.5 Å². The number of nitrogens with one attached hydrogen (secondary N) is 2. The molecule has 2 aromatic rings. The van der Waals surface area contributed by atoms with Crippen LogP contribution in [0.4, 0.5) is 4.39 Å². The Kier molecular flexibility index (Phi) is 4.38. The van der Waals surface area contributed by atoms with Crippen molar-refractivity contribution in [2.75, 3.05) is 11.5 Å². The lowest BCUT2D eigenvalue weighted by atomic mass is 10.1. The molecule has 2 heterocycles. The predicted octanol–water partition coefficient (Wildman–Crippen LogP) is 3.20. The quantitative estimate of drug-likeness (QED) is 0.909. The smallest absolute Gasteiger partial charge is 0.123 e. The molecule has 2 N–H and O–H groups in total. The minimum absolute atomic E-state index is 0.216. The summed E-state index contributed by atoms with van der Waals surface area (Å²) < 4.78 is 13.0. The average molecular weight is 291 g/mol. The molecule has 0 saturated carbocycles. The van der Waals surface area contributed by atoms with E-state index in [2.05, 4.69) is 15.5 Å². The first-order chi connectivity index (χ1) is 9.83. The van der Waals surface area contributed by atoms with Crippen LogP contribution in [-0.2, 0) is 6.54 Å². The highest BCUT2D eigenvalue weighted by atomic mass is 32.2. The molecular formula is C15H18FN3S. The Balaban J connectivity index is 1.68. The van der Waals surface area contributed by atoms with Gasteiger partial charge in [0.05, 0.1) is 11.9 Å². The maximum Gasteiger partial charge on any atom is 0.123 e. The molecule has 1 aromatic carbocycles. The summed E-state index contributed by atoms with van der Waals surface area (Å²) in [5.74, 6) is 2.25. The van der Waals surface area contributed by atoms with Gasteiger partial charge in [-0.25, -0.2) is 4.39 Å². The van der Waals surface area contributed by atoms with E-state index >= 15 is 0 Å². The molecule has 1 aromatic heterocycles. The summed E-state index contributed by atoms with van der Waals surface area (Å²) in [5.41, 5.74) is 3.08. The van der Waals surface area contributed by atoms with E-state index in [1.54, 1.807) is 12.1 Å². The zero-order valence-corrected chi connectivity index (χ0v) is 12.0. The lowest BCUT2D eigenvalue weighted by Crippen LogP contribution is -2.33. The topological polar surface area (TPSA) is 40.7 Å². The van der Waals surface area contributed by atoms with Crippen molar-refractivity contribution in [3.63, 3.8) is 0 Å². The highest BCUT2D eigenvalue weighted by Crippen LogP contribution is 2.22. The van der Waals surface area contributed by atoms with Crippen molar-refractivity contribution in [1.82, 2.24) is 15.5 Å². The highest BCUT2D eigenvalue weighted by Gasteiger charge is 2.14. The van der Waals surface area contributed by atoms with E-state index in [0.717, 1.165) is 23.4 Å². The Hall–Kier alpha value is -1.33. The minimum atomic E-state index is -0.216. The lowest BCUT2D eigenvalue weighted by Gasteiger charge is -2.22. The molecule has 1 aliphatic rings. The van der Waals surface area contributed by atoms with Gasteiger partial charge < -0.3 is 5.32 Å². The van der Waals surface area contributed by atoms with Gasteiger partial charge in [0.1, 0.15) is 5.82 Å². The number of halogens is 1. The maximum absolute atomic E-state index is 13.0. The third kappa shape index (κ3) is 3.22. The summed E-state index contributed by atoms with van der Waals surface area (Å²) in [6.45, 7) is 0.800. The number of H-pyrrole nitrogens is 1. The first kappa shape index (κ1) is 13.6. The third-order valence-electron chi connectivity index (χ3n) is 3.59. The van der Waals surface area contributed by atoms with Crippen molar-refractivity contribution in [2.24, 2.45) is 0 Å². The molecular weight excluding hydrogens is 273 g/mol. The third-order valence-corrected chi connectivity index (χ3v) is 4.81. The second-order valence-electron chi connectivity index (χ2n) is 5.07. The first-order valence-corrected chi connectivity index (χ1v) is 8.08. The van der Waals surface area contributed by atoms with E-state index in [1.807, 2.05) is 18.0 Å². The first-order valence-electron chi connectivity index (χ1n) is 6.92. The molecule has 0 unspecified atom stereocenters. The van der Waals surface area contributed by atoms with Gasteiger partial charge in [0.25, 0.3) is 0 Å². The normalized spacial score (nSPS) is 19.1. The van der Waals surface area contributed by atoms with Crippen LogP contribution in [0.1, 0.15) is 18.4 Å². The number of aromatic nitrogens is 2. The summed E-state index contributed by atoms with van der Waals surface area (Å²) >= 11 is 2.01. The molecule has 1 atom stereocenters. The summed E-state index contributed by atoms with van der Waals surface area (Å²) in [5, 5.41) is 10.7. The second kappa shape index (κ2) is 6.41. The summed E-state index contributed by atoms with van der Waals surface area (Å²) in [4.78, 5) is 0. The molecule has 3 rings (SSSR count). The van der Waals surface area contributed by atoms with Crippen LogP contribution in [0.25, 0.3) is 11.3 Å². The van der Waals surface area contributed by atoms with Crippen LogP contribution in [0.3, 0.4) is 0 Å². The maximum atomic E-state index is 13.0. The Morgan fingerprint density at radius 1 is 1.35 bits per heavy atom. The van der Waals surface area contributed by atoms with Gasteiger partial charge in [0.2, 0.25) is 0 Å². The molecule has 0 radical (unpaired) electrons. The SMILES string of the molecule is Fc1ccc(-c2[nH]ncc2CN[C@@H]2CCCSC2)cc1. The largest absolute Gasteiger partial charge is 0.309 e. The van der Waals surface area contributed by atoms with Crippen molar-refractivity contribution in [1.29, 1.82) is 0 Å². The van der Waals surface area contributed by atoms with Gasteiger partial charge in [-0.2, -0.15) is 16.9 Å². The van der Waals surface area contributed by atoms with Gasteiger partial charge in [-0.1, -0.05) is 0 Å². The summed E-state index contributed by atoms with van der Waals surface area (Å²) in [6.07, 6.45) is 4.39. The van der Waals surface area contributed by atoms with Gasteiger partial charge in [0, 0.05) is 29.5 Å². The van der Waals surface area contributed by atoms with E-state index in [9.17, 15) is 4.39 Å². The van der Waals surface area contributed by atoms with Crippen LogP contribution in [0.15, 0.2) is 30.5 Å². The van der Waals surface area contributed by atoms with Crippen LogP contribution >= 0.6 is 11.8 Å². The highest BCUT2D eigenvalue weighted by molar-refractivity contribution is 7.99. The van der Waals surface area contributed by atoms with Crippen LogP contribution in [0.5, 0.6) is 0 Å². The molecule has 5 heteroatoms. The zero-order valence-electron chi connectivity index (χ0n) is 11.2. The van der Waals surface area contributed by atoms with E-state index < -0.39 is 0 Å². The number of aromatic amines is 1. The monoisotopic (exact) mass is 291 g/mol. The van der Waals surface area contributed by atoms with E-state index in [-0.39, 0.29) is 5.82 Å². The van der Waals surface area contributed by atoms with E-state index in [0.29, 0.717) is 6.04 Å². The van der Waals surface area contributed by atoms with Crippen molar-refractivity contribution < 1.29 is 4.39 Å². The van der Waals surface area contributed by atoms with Gasteiger partial charge in [0.15, 0.2) is 0 Å². The van der Waals surface area contributed by atoms with Crippen LogP contribution < -0.4 is 5.32 Å². The number of rotatable bonds is 4.